The number of esters is 1. The monoisotopic (exact) mass is 245 g/mol. The average Bonchev–Trinajstić information content (AvgIpc) is 2.78. The maximum absolute atomic E-state index is 11.5. The van der Waals surface area contributed by atoms with Gasteiger partial charge in [-0.2, -0.15) is 0 Å². The number of aromatic nitrogens is 1. The van der Waals surface area contributed by atoms with Crippen LogP contribution in [-0.4, -0.2) is 29.1 Å². The fraction of sp³-hybridized carbons (Fsp3) is 0.0769. The van der Waals surface area contributed by atoms with Crippen LogP contribution in [0, 0.1) is 0 Å². The highest BCUT2D eigenvalue weighted by Gasteiger charge is 2.11. The Balaban J connectivity index is 2.48. The van der Waals surface area contributed by atoms with Gasteiger partial charge in [0.15, 0.2) is 0 Å². The van der Waals surface area contributed by atoms with Crippen LogP contribution in [0.15, 0.2) is 30.5 Å². The summed E-state index contributed by atoms with van der Waals surface area (Å²) < 4.78 is 4.67. The summed E-state index contributed by atoms with van der Waals surface area (Å²) in [5.74, 6) is -1.45. The van der Waals surface area contributed by atoms with Gasteiger partial charge in [0.05, 0.1) is 12.7 Å². The van der Waals surface area contributed by atoms with Crippen LogP contribution in [0.25, 0.3) is 17.0 Å². The molecule has 0 fully saturated rings. The molecule has 0 aliphatic heterocycles. The number of hydrogen-bond acceptors (Lipinski definition) is 3. The van der Waals surface area contributed by atoms with Crippen LogP contribution in [0.3, 0.4) is 0 Å². The first-order valence-electron chi connectivity index (χ1n) is 5.22. The smallest absolute Gasteiger partial charge is 0.340 e. The summed E-state index contributed by atoms with van der Waals surface area (Å²) in [4.78, 5) is 24.9. The van der Waals surface area contributed by atoms with E-state index in [1.807, 2.05) is 0 Å². The van der Waals surface area contributed by atoms with Gasteiger partial charge in [0.25, 0.3) is 0 Å². The Bertz CT molecular complexity index is 639. The molecule has 0 spiro atoms. The van der Waals surface area contributed by atoms with E-state index in [9.17, 15) is 9.59 Å². The summed E-state index contributed by atoms with van der Waals surface area (Å²) in [7, 11) is 1.31. The number of methoxy groups -OCH3 is 1. The zero-order valence-electron chi connectivity index (χ0n) is 9.64. The number of carbonyl (C=O) groups excluding carboxylic acids is 1. The molecule has 0 radical (unpaired) electrons. The second-order valence-corrected chi connectivity index (χ2v) is 3.67. The summed E-state index contributed by atoms with van der Waals surface area (Å²) in [6, 6.07) is 5.28. The van der Waals surface area contributed by atoms with E-state index in [0.717, 1.165) is 11.6 Å². The summed E-state index contributed by atoms with van der Waals surface area (Å²) in [5.41, 5.74) is 1.93. The van der Waals surface area contributed by atoms with Gasteiger partial charge in [0, 0.05) is 23.2 Å². The third-order valence-electron chi connectivity index (χ3n) is 2.53. The van der Waals surface area contributed by atoms with Crippen LogP contribution in [-0.2, 0) is 9.53 Å². The molecule has 1 aromatic heterocycles. The van der Waals surface area contributed by atoms with Crippen molar-refractivity contribution in [2.45, 2.75) is 0 Å². The fourth-order valence-electron chi connectivity index (χ4n) is 1.69. The van der Waals surface area contributed by atoms with Gasteiger partial charge in [0.1, 0.15) is 0 Å². The Morgan fingerprint density at radius 3 is 2.83 bits per heavy atom. The molecule has 0 bridgehead atoms. The lowest BCUT2D eigenvalue weighted by atomic mass is 10.1. The van der Waals surface area contributed by atoms with E-state index in [1.165, 1.54) is 13.2 Å². The largest absolute Gasteiger partial charge is 0.478 e. The van der Waals surface area contributed by atoms with E-state index in [4.69, 9.17) is 5.11 Å². The van der Waals surface area contributed by atoms with Gasteiger partial charge < -0.3 is 14.8 Å². The third-order valence-corrected chi connectivity index (χ3v) is 2.53. The Hall–Kier alpha value is -2.56. The lowest BCUT2D eigenvalue weighted by Gasteiger charge is -1.98. The van der Waals surface area contributed by atoms with Crippen molar-refractivity contribution in [1.82, 2.24) is 4.98 Å². The number of aromatic amines is 1. The number of hydrogen-bond donors (Lipinski definition) is 2. The van der Waals surface area contributed by atoms with Crippen LogP contribution in [0.1, 0.15) is 15.9 Å². The Morgan fingerprint density at radius 1 is 1.39 bits per heavy atom. The molecule has 2 aromatic rings. The summed E-state index contributed by atoms with van der Waals surface area (Å²) in [6.45, 7) is 0. The SMILES string of the molecule is COC(=O)c1c[nH]c2ccc(C=CC(=O)O)cc12. The molecule has 5 heteroatoms. The van der Waals surface area contributed by atoms with Crippen molar-refractivity contribution in [3.05, 3.63) is 41.6 Å². The van der Waals surface area contributed by atoms with Gasteiger partial charge in [-0.1, -0.05) is 6.07 Å². The number of carboxylic acid groups (broad SMARTS) is 1. The highest BCUT2D eigenvalue weighted by molar-refractivity contribution is 6.04. The first-order valence-corrected chi connectivity index (χ1v) is 5.22. The molecule has 0 aliphatic rings. The summed E-state index contributed by atoms with van der Waals surface area (Å²) >= 11 is 0. The number of carboxylic acids is 1. The fourth-order valence-corrected chi connectivity index (χ4v) is 1.69. The van der Waals surface area contributed by atoms with Crippen molar-refractivity contribution in [2.24, 2.45) is 0 Å². The molecule has 0 saturated heterocycles. The molecule has 0 aliphatic carbocycles. The quantitative estimate of drug-likeness (QED) is 0.640. The molecule has 92 valence electrons. The van der Waals surface area contributed by atoms with E-state index in [2.05, 4.69) is 9.72 Å². The predicted octanol–water partition coefficient (Wildman–Crippen LogP) is 2.05. The zero-order chi connectivity index (χ0) is 13.1. The van der Waals surface area contributed by atoms with Crippen LogP contribution in [0.2, 0.25) is 0 Å². The Morgan fingerprint density at radius 2 is 2.17 bits per heavy atom. The van der Waals surface area contributed by atoms with Gasteiger partial charge in [-0.25, -0.2) is 9.59 Å². The van der Waals surface area contributed by atoms with Crippen molar-refractivity contribution in [3.8, 4) is 0 Å². The number of rotatable bonds is 3. The van der Waals surface area contributed by atoms with Crippen molar-refractivity contribution in [3.63, 3.8) is 0 Å². The Kier molecular flexibility index (Phi) is 3.14. The van der Waals surface area contributed by atoms with E-state index in [-0.39, 0.29) is 0 Å². The molecule has 0 unspecified atom stereocenters. The minimum absolute atomic E-state index is 0.429. The van der Waals surface area contributed by atoms with E-state index < -0.39 is 11.9 Å². The zero-order valence-corrected chi connectivity index (χ0v) is 9.64. The molecule has 18 heavy (non-hydrogen) atoms. The molecule has 0 amide bonds. The molecular weight excluding hydrogens is 234 g/mol. The van der Waals surface area contributed by atoms with Crippen molar-refractivity contribution in [1.29, 1.82) is 0 Å². The first kappa shape index (κ1) is 11.9. The Labute approximate surface area is 103 Å². The number of H-pyrrole nitrogens is 1. The number of fused-ring (bicyclic) bond motifs is 1. The molecule has 1 aromatic carbocycles. The summed E-state index contributed by atoms with van der Waals surface area (Å²) in [5, 5.41) is 9.26. The van der Waals surface area contributed by atoms with Crippen molar-refractivity contribution >= 4 is 28.9 Å². The molecule has 1 heterocycles. The number of benzene rings is 1. The summed E-state index contributed by atoms with van der Waals surface area (Å²) in [6.07, 6.45) is 4.09. The van der Waals surface area contributed by atoms with Gasteiger partial charge >= 0.3 is 11.9 Å². The van der Waals surface area contributed by atoms with Gasteiger partial charge in [-0.05, 0) is 23.8 Å². The number of ether oxygens (including phenoxy) is 1. The van der Waals surface area contributed by atoms with Gasteiger partial charge in [-0.15, -0.1) is 0 Å². The average molecular weight is 245 g/mol. The standard InChI is InChI=1S/C13H11NO4/c1-18-13(17)10-7-14-11-4-2-8(6-9(10)11)3-5-12(15)16/h2-7,14H,1H3,(H,15,16). The third kappa shape index (κ3) is 2.24. The maximum Gasteiger partial charge on any atom is 0.340 e. The van der Waals surface area contributed by atoms with Gasteiger partial charge in [0.2, 0.25) is 0 Å². The number of aliphatic carboxylic acids is 1. The highest BCUT2D eigenvalue weighted by Crippen LogP contribution is 2.21. The van der Waals surface area contributed by atoms with E-state index >= 15 is 0 Å². The van der Waals surface area contributed by atoms with Crippen LogP contribution >= 0.6 is 0 Å². The van der Waals surface area contributed by atoms with Gasteiger partial charge in [-0.3, -0.25) is 0 Å². The lowest BCUT2D eigenvalue weighted by molar-refractivity contribution is -0.131. The second kappa shape index (κ2) is 4.75. The first-order chi connectivity index (χ1) is 8.61. The molecule has 2 N–H and O–H groups in total. The second-order valence-electron chi connectivity index (χ2n) is 3.67. The van der Waals surface area contributed by atoms with Crippen LogP contribution < -0.4 is 0 Å². The minimum atomic E-state index is -1.02. The molecule has 0 atom stereocenters. The molecular formula is C13H11NO4. The van der Waals surface area contributed by atoms with Crippen LogP contribution in [0.4, 0.5) is 0 Å². The van der Waals surface area contributed by atoms with Crippen LogP contribution in [0.5, 0.6) is 0 Å². The highest BCUT2D eigenvalue weighted by atomic mass is 16.5. The van der Waals surface area contributed by atoms with Crippen molar-refractivity contribution in [2.75, 3.05) is 7.11 Å². The maximum atomic E-state index is 11.5. The molecule has 2 rings (SSSR count). The molecule has 0 saturated carbocycles. The van der Waals surface area contributed by atoms with Crippen molar-refractivity contribution < 1.29 is 19.4 Å². The number of nitrogens with one attached hydrogen (secondary N) is 1. The van der Waals surface area contributed by atoms with E-state index in [0.29, 0.717) is 16.5 Å². The molecule has 5 nitrogen and oxygen atoms in total. The topological polar surface area (TPSA) is 79.4 Å². The number of carbonyl (C=O) groups is 2. The minimum Gasteiger partial charge on any atom is -0.478 e. The predicted molar refractivity (Wildman–Crippen MR) is 66.3 cm³/mol. The normalized spacial score (nSPS) is 10.9. The van der Waals surface area contributed by atoms with E-state index in [1.54, 1.807) is 24.4 Å². The lowest BCUT2D eigenvalue weighted by Crippen LogP contribution is -1.99.